The van der Waals surface area contributed by atoms with E-state index in [1.165, 1.54) is 0 Å². The van der Waals surface area contributed by atoms with Crippen molar-refractivity contribution in [3.05, 3.63) is 0 Å². The van der Waals surface area contributed by atoms with Crippen LogP contribution in [-0.4, -0.2) is 64.3 Å². The largest absolute Gasteiger partial charge is 0 e. The molecule has 3 radical (unpaired) electrons. The average molecular weight is 320 g/mol. The van der Waals surface area contributed by atoms with Gasteiger partial charge in [-0.3, -0.25) is 0 Å². The zero-order chi connectivity index (χ0) is 2.00. The number of hydrogen-bond donors (Lipinski definition) is 0. The Balaban J connectivity index is -0.00000000167. The summed E-state index contributed by atoms with van der Waals surface area (Å²) in [5, 5.41) is 0. The molecule has 5 heteroatoms. The molecule has 0 aromatic carbocycles. The van der Waals surface area contributed by atoms with Gasteiger partial charge in [0.1, 0.15) is 0 Å². The zero-order valence-corrected chi connectivity index (χ0v) is 9.99. The van der Waals surface area contributed by atoms with Crippen LogP contribution in [0.1, 0.15) is 0 Å². The standard InChI is InChI=1S/Co.Li.O.Sm.Sr. The maximum absolute atomic E-state index is 7.94. The first-order chi connectivity index (χ1) is 1.00. The molecule has 24 valence electrons. The molecule has 0 aromatic heterocycles. The van der Waals surface area contributed by atoms with E-state index in [1.54, 1.807) is 0 Å². The van der Waals surface area contributed by atoms with Crippen molar-refractivity contribution in [2.24, 2.45) is 0 Å². The number of rotatable bonds is 0. The molecular formula is CoLiOSmSr. The monoisotopic (exact) mass is 322 g/mol. The summed E-state index contributed by atoms with van der Waals surface area (Å²) in [7, 11) is 0. The van der Waals surface area contributed by atoms with Gasteiger partial charge in [-0.2, -0.15) is 0 Å². The van der Waals surface area contributed by atoms with E-state index >= 15 is 0 Å². The van der Waals surface area contributed by atoms with Crippen LogP contribution in [0.5, 0.6) is 0 Å². The van der Waals surface area contributed by atoms with Crippen LogP contribution in [0.15, 0.2) is 0 Å². The molecule has 0 aliphatic heterocycles. The molecule has 0 unspecified atom stereocenters. The summed E-state index contributed by atoms with van der Waals surface area (Å²) in [5.74, 6) is 0. The molecule has 0 fully saturated rings. The Kier molecular flexibility index (Phi) is 117. The molecule has 0 atom stereocenters. The molecular weight excluding hydrogens is 320 g/mol. The fraction of sp³-hybridized carbons (Fsp3) is 0. The third-order valence-corrected chi connectivity index (χ3v) is 0. The molecule has 0 saturated heterocycles. The molecule has 0 bridgehead atoms. The second kappa shape index (κ2) is 25.2. The first-order valence-electron chi connectivity index (χ1n) is 0.136. The fourth-order valence-electron chi connectivity index (χ4n) is 0. The van der Waals surface area contributed by atoms with Crippen molar-refractivity contribution in [3.63, 3.8) is 0 Å². The van der Waals surface area contributed by atoms with E-state index < -0.39 is 0 Å². The smallest absolute Gasteiger partial charge is 0 e. The Hall–Kier alpha value is 3.72. The molecule has 1 nitrogen and oxygen atoms in total. The van der Waals surface area contributed by atoms with Gasteiger partial charge in [0, 0.05) is 105 Å². The van der Waals surface area contributed by atoms with Crippen LogP contribution < -0.4 is 0 Å². The molecule has 0 aliphatic carbocycles. The summed E-state index contributed by atoms with van der Waals surface area (Å²) in [6, 6.07) is 0. The number of hydrogen-bond acceptors (Lipinski definition) is 1. The summed E-state index contributed by atoms with van der Waals surface area (Å²) in [4.78, 5) is 0. The summed E-state index contributed by atoms with van der Waals surface area (Å²) in [6.45, 7) is 0. The van der Waals surface area contributed by atoms with Crippen molar-refractivity contribution < 1.29 is 59.9 Å². The zero-order valence-electron chi connectivity index (χ0n) is 2.86. The van der Waals surface area contributed by atoms with Crippen LogP contribution in [0.2, 0.25) is 0 Å². The third-order valence-electron chi connectivity index (χ3n) is 0. The van der Waals surface area contributed by atoms with Gasteiger partial charge in [-0.1, -0.05) is 0 Å². The Morgan fingerprint density at radius 2 is 1.20 bits per heavy atom. The van der Waals surface area contributed by atoms with Gasteiger partial charge in [-0.25, -0.2) is 0 Å². The van der Waals surface area contributed by atoms with Gasteiger partial charge in [0.25, 0.3) is 0 Å². The van der Waals surface area contributed by atoms with Gasteiger partial charge in [0.15, 0.2) is 0 Å². The second-order valence-corrected chi connectivity index (χ2v) is 0. The van der Waals surface area contributed by atoms with Crippen LogP contribution in [0.4, 0.5) is 0 Å². The first-order valence-corrected chi connectivity index (χ1v) is 0.561. The Morgan fingerprint density at radius 1 is 1.20 bits per heavy atom. The summed E-state index contributed by atoms with van der Waals surface area (Å²) < 4.78 is 7.94. The Morgan fingerprint density at radius 3 is 1.20 bits per heavy atom. The average Bonchev–Trinajstić information content (AvgIpc) is 1.00. The van der Waals surface area contributed by atoms with Crippen molar-refractivity contribution in [3.8, 4) is 0 Å². The fourth-order valence-corrected chi connectivity index (χ4v) is 0. The van der Waals surface area contributed by atoms with Gasteiger partial charge in [0.2, 0.25) is 0 Å². The molecule has 0 heterocycles. The van der Waals surface area contributed by atoms with Crippen molar-refractivity contribution in [2.75, 3.05) is 0 Å². The van der Waals surface area contributed by atoms with Crippen molar-refractivity contribution in [2.45, 2.75) is 0 Å². The predicted octanol–water partition coefficient (Wildman–Crippen LogP) is -0.883. The van der Waals surface area contributed by atoms with E-state index in [1.807, 2.05) is 0 Å². The third kappa shape index (κ3) is 18.3. The van der Waals surface area contributed by atoms with Gasteiger partial charge >= 0.3 is 19.5 Å². The second-order valence-electron chi connectivity index (χ2n) is 0. The minimum Gasteiger partial charge on any atom is 0 e. The van der Waals surface area contributed by atoms with E-state index in [4.69, 9.17) is 3.87 Å². The predicted molar refractivity (Wildman–Crippen MR) is 12.2 cm³/mol. The van der Waals surface area contributed by atoms with Crippen molar-refractivity contribution in [1.29, 1.82) is 0 Å². The van der Waals surface area contributed by atoms with Crippen LogP contribution in [0.25, 0.3) is 0 Å². The molecule has 5 heavy (non-hydrogen) atoms. The van der Waals surface area contributed by atoms with E-state index in [2.05, 4.69) is 15.7 Å². The van der Waals surface area contributed by atoms with Gasteiger partial charge in [-0.15, -0.1) is 0 Å². The van der Waals surface area contributed by atoms with Crippen LogP contribution in [-0.2, 0) is 19.5 Å². The van der Waals surface area contributed by atoms with Crippen LogP contribution in [0.3, 0.4) is 0 Å². The first kappa shape index (κ1) is 23.3. The van der Waals surface area contributed by atoms with E-state index in [0.29, 0.717) is 0 Å². The van der Waals surface area contributed by atoms with Crippen molar-refractivity contribution in [1.82, 2.24) is 0 Å². The summed E-state index contributed by atoms with van der Waals surface area (Å²) in [6.07, 6.45) is 0. The molecule has 0 aliphatic rings. The molecule has 0 N–H and O–H groups in total. The van der Waals surface area contributed by atoms with Gasteiger partial charge in [-0.05, 0) is 0 Å². The minimum absolute atomic E-state index is 0. The van der Waals surface area contributed by atoms with E-state index in [9.17, 15) is 0 Å². The Labute approximate surface area is 121 Å². The minimum atomic E-state index is 0. The molecule has 0 spiro atoms. The quantitative estimate of drug-likeness (QED) is 0.530. The van der Waals surface area contributed by atoms with Crippen molar-refractivity contribution >= 4 is 64.3 Å². The maximum Gasteiger partial charge on any atom is 0 e. The van der Waals surface area contributed by atoms with Crippen LogP contribution in [0, 0.1) is 40.4 Å². The topological polar surface area (TPSA) is 17.1 Å². The van der Waals surface area contributed by atoms with E-state index in [-0.39, 0.29) is 105 Å². The SMILES string of the molecule is [Li].[O]=[Co].[Sm].[Sr]. The van der Waals surface area contributed by atoms with E-state index in [0.717, 1.165) is 0 Å². The molecule has 0 saturated carbocycles. The van der Waals surface area contributed by atoms with Crippen LogP contribution >= 0.6 is 0 Å². The summed E-state index contributed by atoms with van der Waals surface area (Å²) >= 11 is 2.31. The normalized spacial score (nSPS) is 1.00. The van der Waals surface area contributed by atoms with Gasteiger partial charge in [0.05, 0.1) is 0 Å². The maximum atomic E-state index is 7.94. The molecule has 0 aromatic rings. The molecule has 0 rings (SSSR count). The van der Waals surface area contributed by atoms with Gasteiger partial charge < -0.3 is 0 Å². The summed E-state index contributed by atoms with van der Waals surface area (Å²) in [5.41, 5.74) is 0. The molecule has 0 amide bonds. The Bertz CT molecular complexity index is 11.6.